The minimum atomic E-state index is -0.665. The van der Waals surface area contributed by atoms with Crippen LogP contribution in [0.15, 0.2) is 36.5 Å². The smallest absolute Gasteiger partial charge is 0.305 e. The zero-order chi connectivity index (χ0) is 52.2. The fourth-order valence-corrected chi connectivity index (χ4v) is 9.96. The van der Waals surface area contributed by atoms with Crippen LogP contribution in [0.2, 0.25) is 0 Å². The molecule has 0 saturated heterocycles. The van der Waals surface area contributed by atoms with Crippen LogP contribution < -0.4 is 5.32 Å². The number of carbonyl (C=O) groups excluding carboxylic acids is 2. The molecule has 2 unspecified atom stereocenters. The molecule has 0 aromatic carbocycles. The summed E-state index contributed by atoms with van der Waals surface area (Å²) in [6.45, 7) is 4.93. The van der Waals surface area contributed by atoms with Crippen molar-refractivity contribution in [1.29, 1.82) is 0 Å². The third kappa shape index (κ3) is 57.4. The Morgan fingerprint density at radius 2 is 0.694 bits per heavy atom. The lowest BCUT2D eigenvalue weighted by Crippen LogP contribution is -2.45. The summed E-state index contributed by atoms with van der Waals surface area (Å²) in [5.41, 5.74) is 0. The van der Waals surface area contributed by atoms with Gasteiger partial charge >= 0.3 is 5.97 Å². The highest BCUT2D eigenvalue weighted by atomic mass is 16.5. The van der Waals surface area contributed by atoms with E-state index in [9.17, 15) is 19.8 Å². The van der Waals surface area contributed by atoms with Crippen LogP contribution in [0.3, 0.4) is 0 Å². The number of ether oxygens (including phenoxy) is 1. The third-order valence-corrected chi connectivity index (χ3v) is 14.9. The Morgan fingerprint density at radius 1 is 0.389 bits per heavy atom. The maximum Gasteiger partial charge on any atom is 0.305 e. The molecule has 0 fully saturated rings. The highest BCUT2D eigenvalue weighted by Crippen LogP contribution is 2.17. The molecule has 0 spiro atoms. The molecule has 0 aliphatic carbocycles. The average molecular weight is 1010 g/mol. The van der Waals surface area contributed by atoms with Gasteiger partial charge in [0.15, 0.2) is 0 Å². The minimum Gasteiger partial charge on any atom is -0.466 e. The fourth-order valence-electron chi connectivity index (χ4n) is 9.96. The van der Waals surface area contributed by atoms with Crippen LogP contribution >= 0.6 is 0 Å². The molecule has 0 rings (SSSR count). The van der Waals surface area contributed by atoms with Crippen molar-refractivity contribution in [1.82, 2.24) is 5.32 Å². The van der Waals surface area contributed by atoms with Crippen molar-refractivity contribution in [2.24, 2.45) is 0 Å². The summed E-state index contributed by atoms with van der Waals surface area (Å²) in [4.78, 5) is 24.5. The summed E-state index contributed by atoms with van der Waals surface area (Å²) in [6.07, 6.45) is 77.4. The molecule has 0 heterocycles. The number of aliphatic hydroxyl groups excluding tert-OH is 2. The first-order valence-electron chi connectivity index (χ1n) is 32.2. The second-order valence-electron chi connectivity index (χ2n) is 22.1. The summed E-state index contributed by atoms with van der Waals surface area (Å²) in [7, 11) is 0. The number of carbonyl (C=O) groups is 2. The van der Waals surface area contributed by atoms with Gasteiger partial charge in [0.25, 0.3) is 0 Å². The first-order chi connectivity index (χ1) is 35.5. The summed E-state index contributed by atoms with van der Waals surface area (Å²) in [5, 5.41) is 23.2. The van der Waals surface area contributed by atoms with Crippen LogP contribution in [0.1, 0.15) is 348 Å². The number of hydrogen-bond donors (Lipinski definition) is 3. The zero-order valence-electron chi connectivity index (χ0n) is 48.4. The topological polar surface area (TPSA) is 95.9 Å². The van der Waals surface area contributed by atoms with Gasteiger partial charge in [0.05, 0.1) is 25.4 Å². The number of hydrogen-bond acceptors (Lipinski definition) is 5. The maximum atomic E-state index is 12.4. The van der Waals surface area contributed by atoms with Gasteiger partial charge < -0.3 is 20.3 Å². The quantitative estimate of drug-likeness (QED) is 0.0320. The molecule has 0 saturated carbocycles. The molecule has 6 heteroatoms. The summed E-state index contributed by atoms with van der Waals surface area (Å²) < 4.78 is 5.50. The predicted molar refractivity (Wildman–Crippen MR) is 315 cm³/mol. The van der Waals surface area contributed by atoms with E-state index in [-0.39, 0.29) is 18.5 Å². The fraction of sp³-hybridized carbons (Fsp3) is 0.879. The van der Waals surface area contributed by atoms with Crippen LogP contribution in [-0.2, 0) is 14.3 Å². The van der Waals surface area contributed by atoms with Crippen LogP contribution in [0.4, 0.5) is 0 Å². The molecular weight excluding hydrogens is 887 g/mol. The van der Waals surface area contributed by atoms with Crippen molar-refractivity contribution in [2.75, 3.05) is 13.2 Å². The molecule has 0 aromatic heterocycles. The minimum absolute atomic E-state index is 0.00978. The first kappa shape index (κ1) is 70.1. The number of rotatable bonds is 60. The lowest BCUT2D eigenvalue weighted by molar-refractivity contribution is -0.143. The van der Waals surface area contributed by atoms with E-state index in [2.05, 4.69) is 55.6 Å². The van der Waals surface area contributed by atoms with Gasteiger partial charge in [-0.15, -0.1) is 0 Å². The van der Waals surface area contributed by atoms with Crippen molar-refractivity contribution < 1.29 is 24.5 Å². The molecule has 72 heavy (non-hydrogen) atoms. The monoisotopic (exact) mass is 1010 g/mol. The zero-order valence-corrected chi connectivity index (χ0v) is 48.4. The van der Waals surface area contributed by atoms with Gasteiger partial charge in [-0.25, -0.2) is 0 Å². The Kier molecular flexibility index (Phi) is 60.0. The van der Waals surface area contributed by atoms with Crippen LogP contribution in [0.5, 0.6) is 0 Å². The molecule has 0 aliphatic heterocycles. The van der Waals surface area contributed by atoms with Gasteiger partial charge in [-0.1, -0.05) is 288 Å². The van der Waals surface area contributed by atoms with E-state index < -0.39 is 12.1 Å². The molecule has 1 amide bonds. The van der Waals surface area contributed by atoms with E-state index in [1.54, 1.807) is 0 Å². The standard InChI is InChI=1S/C66H125NO5/c1-3-5-7-9-11-13-15-16-17-18-26-30-33-36-40-44-48-52-56-60-66(71)72-61-57-53-49-45-41-37-34-31-28-25-23-21-19-20-22-24-27-29-32-35-39-43-47-51-55-59-65(70)67-63(62-68)64(69)58-54-50-46-42-38-14-12-10-8-6-4-2/h11,13,16-17,20,22,63-64,68-69H,3-10,12,14-15,18-19,21,23-62H2,1-2H3,(H,67,70)/b13-11-,17-16-,22-20-. The Bertz CT molecular complexity index is 1170. The molecule has 0 aliphatic rings. The maximum absolute atomic E-state index is 12.4. The highest BCUT2D eigenvalue weighted by Gasteiger charge is 2.20. The summed E-state index contributed by atoms with van der Waals surface area (Å²) in [5.74, 6) is -0.0286. The number of allylic oxidation sites excluding steroid dienone is 6. The molecule has 0 radical (unpaired) electrons. The van der Waals surface area contributed by atoms with Gasteiger partial charge in [0.2, 0.25) is 5.91 Å². The van der Waals surface area contributed by atoms with E-state index in [0.29, 0.717) is 25.9 Å². The van der Waals surface area contributed by atoms with Gasteiger partial charge in [-0.05, 0) is 83.5 Å². The second kappa shape index (κ2) is 61.6. The van der Waals surface area contributed by atoms with E-state index in [4.69, 9.17) is 4.74 Å². The predicted octanol–water partition coefficient (Wildman–Crippen LogP) is 20.4. The number of aliphatic hydroxyl groups is 2. The lowest BCUT2D eigenvalue weighted by Gasteiger charge is -2.22. The van der Waals surface area contributed by atoms with Crippen molar-refractivity contribution in [3.8, 4) is 0 Å². The van der Waals surface area contributed by atoms with E-state index >= 15 is 0 Å². The highest BCUT2D eigenvalue weighted by molar-refractivity contribution is 5.76. The van der Waals surface area contributed by atoms with Crippen molar-refractivity contribution in [3.05, 3.63) is 36.5 Å². The van der Waals surface area contributed by atoms with Crippen molar-refractivity contribution in [2.45, 2.75) is 360 Å². The summed E-state index contributed by atoms with van der Waals surface area (Å²) >= 11 is 0. The second-order valence-corrected chi connectivity index (χ2v) is 22.1. The number of esters is 1. The van der Waals surface area contributed by atoms with E-state index in [1.807, 2.05) is 0 Å². The molecule has 0 aromatic rings. The number of unbranched alkanes of at least 4 members (excludes halogenated alkanes) is 43. The van der Waals surface area contributed by atoms with Gasteiger partial charge in [0.1, 0.15) is 0 Å². The third-order valence-electron chi connectivity index (χ3n) is 14.9. The van der Waals surface area contributed by atoms with Crippen LogP contribution in [-0.4, -0.2) is 47.4 Å². The average Bonchev–Trinajstić information content (AvgIpc) is 3.38. The van der Waals surface area contributed by atoms with Gasteiger partial charge in [0, 0.05) is 12.8 Å². The first-order valence-corrected chi connectivity index (χ1v) is 32.2. The molecule has 424 valence electrons. The Hall–Kier alpha value is -1.92. The van der Waals surface area contributed by atoms with Crippen LogP contribution in [0, 0.1) is 0 Å². The van der Waals surface area contributed by atoms with E-state index in [0.717, 1.165) is 51.4 Å². The Morgan fingerprint density at radius 3 is 1.10 bits per heavy atom. The molecular formula is C66H125NO5. The van der Waals surface area contributed by atoms with Crippen molar-refractivity contribution in [3.63, 3.8) is 0 Å². The van der Waals surface area contributed by atoms with Gasteiger partial charge in [-0.3, -0.25) is 9.59 Å². The SMILES string of the molecule is CCCCC/C=C\C/C=C\CCCCCCCCCCCC(=O)OCCCCCCCCCCCCCC/C=C\CCCCCCCCCCCC(=O)NC(CO)C(O)CCCCCCCCCCCCC. The largest absolute Gasteiger partial charge is 0.466 e. The van der Waals surface area contributed by atoms with Gasteiger partial charge in [-0.2, -0.15) is 0 Å². The molecule has 2 atom stereocenters. The normalized spacial score (nSPS) is 12.8. The number of nitrogens with one attached hydrogen (secondary N) is 1. The van der Waals surface area contributed by atoms with Crippen LogP contribution in [0.25, 0.3) is 0 Å². The Labute approximate surface area is 449 Å². The van der Waals surface area contributed by atoms with Crippen molar-refractivity contribution >= 4 is 11.9 Å². The van der Waals surface area contributed by atoms with E-state index in [1.165, 1.54) is 263 Å². The lowest BCUT2D eigenvalue weighted by atomic mass is 10.0. The molecule has 3 N–H and O–H groups in total. The summed E-state index contributed by atoms with van der Waals surface area (Å²) in [6, 6.07) is -0.542. The molecule has 6 nitrogen and oxygen atoms in total. The molecule has 0 bridgehead atoms. The number of amides is 1. The Balaban J connectivity index is 3.37.